The molecule has 0 spiro atoms. The molecule has 208 valence electrons. The summed E-state index contributed by atoms with van der Waals surface area (Å²) in [4.78, 5) is 35.5. The number of aliphatic carboxylic acids is 1. The van der Waals surface area contributed by atoms with Gasteiger partial charge in [-0.1, -0.05) is 12.1 Å². The first-order chi connectivity index (χ1) is 18.0. The largest absolute Gasteiger partial charge is 0.481 e. The Labute approximate surface area is 219 Å². The zero-order chi connectivity index (χ0) is 28.1. The van der Waals surface area contributed by atoms with Gasteiger partial charge in [-0.2, -0.15) is 13.2 Å². The topological polar surface area (TPSA) is 120 Å². The van der Waals surface area contributed by atoms with Crippen molar-refractivity contribution in [2.24, 2.45) is 0 Å². The summed E-state index contributed by atoms with van der Waals surface area (Å²) in [6.45, 7) is 4.93. The van der Waals surface area contributed by atoms with Crippen LogP contribution in [0.3, 0.4) is 0 Å². The normalized spacial score (nSPS) is 11.4. The summed E-state index contributed by atoms with van der Waals surface area (Å²) in [6.07, 6.45) is -4.73. The Hall–Kier alpha value is -3.05. The van der Waals surface area contributed by atoms with E-state index >= 15 is 0 Å². The van der Waals surface area contributed by atoms with Crippen molar-refractivity contribution in [3.8, 4) is 5.75 Å². The van der Waals surface area contributed by atoms with Gasteiger partial charge >= 0.3 is 26.7 Å². The molecule has 0 bridgehead atoms. The third kappa shape index (κ3) is 10.7. The van der Waals surface area contributed by atoms with Crippen molar-refractivity contribution in [3.63, 3.8) is 0 Å². The number of amides is 1. The summed E-state index contributed by atoms with van der Waals surface area (Å²) in [7, 11) is -1.42. The quantitative estimate of drug-likeness (QED) is 0.155. The summed E-state index contributed by atoms with van der Waals surface area (Å²) in [6, 6.07) is 8.71. The summed E-state index contributed by atoms with van der Waals surface area (Å²) in [5, 5.41) is 10.9. The van der Waals surface area contributed by atoms with E-state index in [9.17, 15) is 27.6 Å². The first kappa shape index (κ1) is 31.2. The molecule has 2 rings (SSSR count). The second kappa shape index (κ2) is 15.4. The van der Waals surface area contributed by atoms with E-state index in [1.54, 1.807) is 12.1 Å². The van der Waals surface area contributed by atoms with E-state index in [1.165, 1.54) is 12.1 Å². The number of benzene rings is 2. The number of carbonyl (C=O) groups excluding carboxylic acids is 2. The van der Waals surface area contributed by atoms with Gasteiger partial charge in [0.15, 0.2) is 0 Å². The monoisotopic (exact) mass is 559 g/mol. The standard InChI is InChI=1S/C25H29F3NO8P/c1-3-34-38(35-4-2)36-15-14-17-8-11-19(12-9-17)37-24(33)20-13-10-18(25(26,27)28)16-21(20)29-22(30)6-5-7-23(31)32/h8-13,16H,3-7,14-15H2,1-2H3,(H,29,30)(H,31,32). The van der Waals surface area contributed by atoms with Crippen molar-refractivity contribution >= 4 is 32.1 Å². The molecule has 2 aromatic rings. The Bertz CT molecular complexity index is 1070. The minimum atomic E-state index is -4.71. The van der Waals surface area contributed by atoms with Crippen molar-refractivity contribution in [2.45, 2.75) is 45.7 Å². The molecule has 0 radical (unpaired) electrons. The Balaban J connectivity index is 2.07. The van der Waals surface area contributed by atoms with E-state index in [0.717, 1.165) is 11.6 Å². The second-order valence-electron chi connectivity index (χ2n) is 7.73. The molecule has 9 nitrogen and oxygen atoms in total. The molecule has 0 heterocycles. The van der Waals surface area contributed by atoms with Gasteiger partial charge in [0.2, 0.25) is 5.91 Å². The van der Waals surface area contributed by atoms with E-state index in [1.807, 2.05) is 13.8 Å². The maximum absolute atomic E-state index is 13.2. The highest BCUT2D eigenvalue weighted by Crippen LogP contribution is 2.39. The Morgan fingerprint density at radius 2 is 1.61 bits per heavy atom. The van der Waals surface area contributed by atoms with Crippen molar-refractivity contribution < 1.29 is 51.0 Å². The minimum Gasteiger partial charge on any atom is -0.481 e. The molecular formula is C25H29F3NO8P. The molecule has 0 aliphatic carbocycles. The lowest BCUT2D eigenvalue weighted by molar-refractivity contribution is -0.138. The molecule has 0 aromatic heterocycles. The number of carboxylic acid groups (broad SMARTS) is 1. The molecule has 0 saturated heterocycles. The van der Waals surface area contributed by atoms with Crippen molar-refractivity contribution in [3.05, 3.63) is 59.2 Å². The lowest BCUT2D eigenvalue weighted by Crippen LogP contribution is -2.18. The number of alkyl halides is 3. The molecule has 0 unspecified atom stereocenters. The number of anilines is 1. The van der Waals surface area contributed by atoms with Crippen molar-refractivity contribution in [2.75, 3.05) is 25.1 Å². The number of nitrogens with one attached hydrogen (secondary N) is 1. The van der Waals surface area contributed by atoms with Gasteiger partial charge in [-0.05, 0) is 62.6 Å². The van der Waals surface area contributed by atoms with E-state index in [4.69, 9.17) is 23.4 Å². The average Bonchev–Trinajstić information content (AvgIpc) is 2.84. The highest BCUT2D eigenvalue weighted by atomic mass is 31.2. The summed E-state index contributed by atoms with van der Waals surface area (Å²) >= 11 is 0. The van der Waals surface area contributed by atoms with E-state index in [-0.39, 0.29) is 36.3 Å². The second-order valence-corrected chi connectivity index (χ2v) is 8.95. The van der Waals surface area contributed by atoms with Crippen LogP contribution in [-0.4, -0.2) is 42.8 Å². The zero-order valence-corrected chi connectivity index (χ0v) is 21.8. The number of halogens is 3. The molecule has 0 atom stereocenters. The molecule has 0 aliphatic heterocycles. The number of esters is 1. The van der Waals surface area contributed by atoms with E-state index in [2.05, 4.69) is 5.32 Å². The van der Waals surface area contributed by atoms with Crippen molar-refractivity contribution in [1.82, 2.24) is 0 Å². The van der Waals surface area contributed by atoms with Crippen LogP contribution >= 0.6 is 8.60 Å². The van der Waals surface area contributed by atoms with Crippen molar-refractivity contribution in [1.29, 1.82) is 0 Å². The molecule has 13 heteroatoms. The van der Waals surface area contributed by atoms with Crippen LogP contribution in [0, 0.1) is 0 Å². The first-order valence-electron chi connectivity index (χ1n) is 11.8. The van der Waals surface area contributed by atoms with Crippen LogP contribution in [0.4, 0.5) is 18.9 Å². The lowest BCUT2D eigenvalue weighted by atomic mass is 10.1. The smallest absolute Gasteiger partial charge is 0.416 e. The maximum Gasteiger partial charge on any atom is 0.416 e. The molecular weight excluding hydrogens is 530 g/mol. The van der Waals surface area contributed by atoms with Gasteiger partial charge in [0.1, 0.15) is 5.75 Å². The number of rotatable bonds is 15. The maximum atomic E-state index is 13.2. The number of carboxylic acids is 1. The van der Waals surface area contributed by atoms with Gasteiger partial charge < -0.3 is 28.7 Å². The molecule has 38 heavy (non-hydrogen) atoms. The highest BCUT2D eigenvalue weighted by Gasteiger charge is 2.32. The first-order valence-corrected chi connectivity index (χ1v) is 12.9. The molecule has 2 N–H and O–H groups in total. The number of hydrogen-bond donors (Lipinski definition) is 2. The number of ether oxygens (including phenoxy) is 1. The van der Waals surface area contributed by atoms with Gasteiger partial charge in [-0.3, -0.25) is 9.59 Å². The zero-order valence-electron chi connectivity index (χ0n) is 20.9. The number of hydrogen-bond acceptors (Lipinski definition) is 7. The SMILES string of the molecule is CCOP(OCC)OCCc1ccc(OC(=O)c2ccc(C(F)(F)F)cc2NC(=O)CCCC(=O)O)cc1. The minimum absolute atomic E-state index is 0.0176. The Kier molecular flexibility index (Phi) is 12.6. The fraction of sp³-hybridized carbons (Fsp3) is 0.400. The van der Waals surface area contributed by atoms with Crippen LogP contribution in [0.1, 0.15) is 54.6 Å². The van der Waals surface area contributed by atoms with Crippen LogP contribution < -0.4 is 10.1 Å². The fourth-order valence-electron chi connectivity index (χ4n) is 3.06. The molecule has 2 aromatic carbocycles. The lowest BCUT2D eigenvalue weighted by Gasteiger charge is -2.15. The van der Waals surface area contributed by atoms with E-state index < -0.39 is 38.2 Å². The highest BCUT2D eigenvalue weighted by molar-refractivity contribution is 7.41. The van der Waals surface area contributed by atoms with Crippen LogP contribution in [0.2, 0.25) is 0 Å². The van der Waals surface area contributed by atoms with Crippen LogP contribution in [0.15, 0.2) is 42.5 Å². The predicted octanol–water partition coefficient (Wildman–Crippen LogP) is 5.98. The Morgan fingerprint density at radius 1 is 0.947 bits per heavy atom. The predicted molar refractivity (Wildman–Crippen MR) is 133 cm³/mol. The third-order valence-electron chi connectivity index (χ3n) is 4.83. The molecule has 1 amide bonds. The molecule has 0 saturated carbocycles. The number of carbonyl (C=O) groups is 3. The molecule has 0 aliphatic rings. The van der Waals surface area contributed by atoms with Gasteiger partial charge in [-0.25, -0.2) is 4.79 Å². The third-order valence-corrected chi connectivity index (χ3v) is 6.16. The van der Waals surface area contributed by atoms with E-state index in [0.29, 0.717) is 38.4 Å². The fourth-order valence-corrected chi connectivity index (χ4v) is 3.95. The van der Waals surface area contributed by atoms with Gasteiger partial charge in [0.05, 0.1) is 36.6 Å². The van der Waals surface area contributed by atoms with Crippen LogP contribution in [0.25, 0.3) is 0 Å². The Morgan fingerprint density at radius 3 is 2.18 bits per heavy atom. The summed E-state index contributed by atoms with van der Waals surface area (Å²) in [5.41, 5.74) is -0.878. The summed E-state index contributed by atoms with van der Waals surface area (Å²) < 4.78 is 61.2. The van der Waals surface area contributed by atoms with Gasteiger partial charge in [0, 0.05) is 12.8 Å². The summed E-state index contributed by atoms with van der Waals surface area (Å²) in [5.74, 6) is -2.68. The average molecular weight is 559 g/mol. The van der Waals surface area contributed by atoms with Gasteiger partial charge in [0.25, 0.3) is 0 Å². The van der Waals surface area contributed by atoms with Crippen LogP contribution in [-0.2, 0) is 35.8 Å². The van der Waals surface area contributed by atoms with Gasteiger partial charge in [-0.15, -0.1) is 0 Å². The van der Waals surface area contributed by atoms with Crippen LogP contribution in [0.5, 0.6) is 5.75 Å². The molecule has 0 fully saturated rings.